The van der Waals surface area contributed by atoms with Crippen molar-refractivity contribution < 1.29 is 8.42 Å². The molecule has 3 aromatic rings. The fraction of sp³-hybridized carbons (Fsp3) is 0.133. The molecule has 2 heterocycles. The third-order valence-electron chi connectivity index (χ3n) is 3.37. The number of rotatable bonds is 5. The summed E-state index contributed by atoms with van der Waals surface area (Å²) in [5.41, 5.74) is 8.06. The van der Waals surface area contributed by atoms with E-state index in [1.807, 2.05) is 18.3 Å². The summed E-state index contributed by atoms with van der Waals surface area (Å²) in [7, 11) is -3.50. The minimum atomic E-state index is -3.50. The van der Waals surface area contributed by atoms with Gasteiger partial charge < -0.3 is 10.7 Å². The van der Waals surface area contributed by atoms with Crippen molar-refractivity contribution in [2.75, 3.05) is 13.1 Å². The van der Waals surface area contributed by atoms with Crippen molar-refractivity contribution in [3.8, 4) is 11.1 Å². The van der Waals surface area contributed by atoms with Crippen molar-refractivity contribution in [1.82, 2.24) is 14.7 Å². The van der Waals surface area contributed by atoms with Crippen LogP contribution in [0.25, 0.3) is 22.2 Å². The van der Waals surface area contributed by atoms with Crippen LogP contribution in [0.5, 0.6) is 0 Å². The Hall–Kier alpha value is -1.64. The highest BCUT2D eigenvalue weighted by Crippen LogP contribution is 2.27. The summed E-state index contributed by atoms with van der Waals surface area (Å²) < 4.78 is 26.5. The third kappa shape index (κ3) is 4.06. The third-order valence-corrected chi connectivity index (χ3v) is 4.85. The van der Waals surface area contributed by atoms with Gasteiger partial charge in [0.2, 0.25) is 10.0 Å². The molecule has 0 bridgehead atoms. The SMILES string of the molecule is Cl.Cl.NCCNS(=O)(=O)c1ccc(-c2ccnc3[nH]ccc23)cc1. The highest BCUT2D eigenvalue weighted by Gasteiger charge is 2.13. The summed E-state index contributed by atoms with van der Waals surface area (Å²) in [6, 6.07) is 10.6. The van der Waals surface area contributed by atoms with Crippen LogP contribution >= 0.6 is 24.8 Å². The van der Waals surface area contributed by atoms with Gasteiger partial charge in [0.25, 0.3) is 0 Å². The van der Waals surface area contributed by atoms with E-state index in [1.165, 1.54) is 0 Å². The lowest BCUT2D eigenvalue weighted by Crippen LogP contribution is -2.29. The first-order valence-electron chi connectivity index (χ1n) is 6.84. The average molecular weight is 389 g/mol. The summed E-state index contributed by atoms with van der Waals surface area (Å²) in [6.07, 6.45) is 3.55. The van der Waals surface area contributed by atoms with E-state index in [0.29, 0.717) is 0 Å². The van der Waals surface area contributed by atoms with Gasteiger partial charge in [-0.2, -0.15) is 0 Å². The van der Waals surface area contributed by atoms with Gasteiger partial charge in [0.15, 0.2) is 0 Å². The topological polar surface area (TPSA) is 101 Å². The molecule has 24 heavy (non-hydrogen) atoms. The van der Waals surface area contributed by atoms with Crippen LogP contribution in [-0.4, -0.2) is 31.5 Å². The Labute approximate surface area is 152 Å². The van der Waals surface area contributed by atoms with Gasteiger partial charge in [0, 0.05) is 30.9 Å². The standard InChI is InChI=1S/C15H16N4O2S.2ClH/c16-7-10-19-22(20,21)12-3-1-11(2-4-12)13-5-8-17-15-14(13)6-9-18-15;;/h1-6,8-9,19H,7,10,16H2,(H,17,18);2*1H. The minimum absolute atomic E-state index is 0. The summed E-state index contributed by atoms with van der Waals surface area (Å²) in [5, 5.41) is 0.999. The van der Waals surface area contributed by atoms with Gasteiger partial charge in [-0.1, -0.05) is 12.1 Å². The fourth-order valence-electron chi connectivity index (χ4n) is 2.30. The van der Waals surface area contributed by atoms with E-state index >= 15 is 0 Å². The number of nitrogens with two attached hydrogens (primary N) is 1. The van der Waals surface area contributed by atoms with Crippen molar-refractivity contribution >= 4 is 45.9 Å². The smallest absolute Gasteiger partial charge is 0.240 e. The number of H-pyrrole nitrogens is 1. The predicted octanol–water partition coefficient (Wildman–Crippen LogP) is 2.31. The fourth-order valence-corrected chi connectivity index (χ4v) is 3.35. The lowest BCUT2D eigenvalue weighted by atomic mass is 10.0. The summed E-state index contributed by atoms with van der Waals surface area (Å²) in [4.78, 5) is 7.53. The summed E-state index contributed by atoms with van der Waals surface area (Å²) in [5.74, 6) is 0. The Morgan fingerprint density at radius 1 is 1.08 bits per heavy atom. The lowest BCUT2D eigenvalue weighted by Gasteiger charge is -2.07. The second-order valence-corrected chi connectivity index (χ2v) is 6.58. The monoisotopic (exact) mass is 388 g/mol. The number of sulfonamides is 1. The minimum Gasteiger partial charge on any atom is -0.346 e. The second-order valence-electron chi connectivity index (χ2n) is 4.81. The number of aromatic nitrogens is 2. The van der Waals surface area contributed by atoms with E-state index in [2.05, 4.69) is 14.7 Å². The number of hydrogen-bond donors (Lipinski definition) is 3. The van der Waals surface area contributed by atoms with Crippen LogP contribution in [0, 0.1) is 0 Å². The van der Waals surface area contributed by atoms with Crippen molar-refractivity contribution in [3.63, 3.8) is 0 Å². The van der Waals surface area contributed by atoms with Crippen LogP contribution in [0.4, 0.5) is 0 Å². The van der Waals surface area contributed by atoms with Gasteiger partial charge in [-0.25, -0.2) is 18.1 Å². The molecule has 0 spiro atoms. The van der Waals surface area contributed by atoms with Crippen LogP contribution < -0.4 is 10.5 Å². The van der Waals surface area contributed by atoms with E-state index in [1.54, 1.807) is 30.5 Å². The van der Waals surface area contributed by atoms with Gasteiger partial charge in [0.05, 0.1) is 4.90 Å². The number of aromatic amines is 1. The molecule has 4 N–H and O–H groups in total. The number of fused-ring (bicyclic) bond motifs is 1. The van der Waals surface area contributed by atoms with Gasteiger partial charge >= 0.3 is 0 Å². The number of pyridine rings is 1. The molecule has 2 aromatic heterocycles. The van der Waals surface area contributed by atoms with Gasteiger partial charge in [-0.3, -0.25) is 0 Å². The maximum absolute atomic E-state index is 12.0. The molecule has 0 amide bonds. The molecular formula is C15H18Cl2N4O2S. The number of hydrogen-bond acceptors (Lipinski definition) is 4. The zero-order chi connectivity index (χ0) is 15.6. The molecule has 0 fully saturated rings. The number of halogens is 2. The molecule has 0 aliphatic heterocycles. The zero-order valence-electron chi connectivity index (χ0n) is 12.6. The first kappa shape index (κ1) is 20.4. The van der Waals surface area contributed by atoms with Crippen molar-refractivity contribution in [2.45, 2.75) is 4.90 Å². The van der Waals surface area contributed by atoms with Crippen molar-refractivity contribution in [2.24, 2.45) is 5.73 Å². The Morgan fingerprint density at radius 3 is 2.46 bits per heavy atom. The van der Waals surface area contributed by atoms with E-state index in [4.69, 9.17) is 5.73 Å². The quantitative estimate of drug-likeness (QED) is 0.623. The molecule has 0 saturated heterocycles. The lowest BCUT2D eigenvalue weighted by molar-refractivity contribution is 0.582. The molecule has 3 rings (SSSR count). The van der Waals surface area contributed by atoms with E-state index in [0.717, 1.165) is 22.2 Å². The molecule has 0 saturated carbocycles. The van der Waals surface area contributed by atoms with Crippen LogP contribution in [0.1, 0.15) is 0 Å². The first-order chi connectivity index (χ1) is 10.6. The van der Waals surface area contributed by atoms with E-state index in [9.17, 15) is 8.42 Å². The number of benzene rings is 1. The maximum Gasteiger partial charge on any atom is 0.240 e. The van der Waals surface area contributed by atoms with Gasteiger partial charge in [-0.15, -0.1) is 24.8 Å². The highest BCUT2D eigenvalue weighted by molar-refractivity contribution is 7.89. The summed E-state index contributed by atoms with van der Waals surface area (Å²) in [6.45, 7) is 0.484. The average Bonchev–Trinajstić information content (AvgIpc) is 3.01. The molecule has 6 nitrogen and oxygen atoms in total. The van der Waals surface area contributed by atoms with E-state index < -0.39 is 10.0 Å². The van der Waals surface area contributed by atoms with Crippen molar-refractivity contribution in [1.29, 1.82) is 0 Å². The van der Waals surface area contributed by atoms with Crippen molar-refractivity contribution in [3.05, 3.63) is 48.8 Å². The highest BCUT2D eigenvalue weighted by atomic mass is 35.5. The molecule has 0 unspecified atom stereocenters. The largest absolute Gasteiger partial charge is 0.346 e. The van der Waals surface area contributed by atoms with Crippen LogP contribution in [0.15, 0.2) is 53.7 Å². The first-order valence-corrected chi connectivity index (χ1v) is 8.32. The van der Waals surface area contributed by atoms with Crippen LogP contribution in [0.3, 0.4) is 0 Å². The normalized spacial score (nSPS) is 10.9. The summed E-state index contributed by atoms with van der Waals surface area (Å²) >= 11 is 0. The Balaban J connectivity index is 0.00000144. The molecule has 1 aromatic carbocycles. The second kappa shape index (κ2) is 8.46. The molecule has 9 heteroatoms. The van der Waals surface area contributed by atoms with Crippen LogP contribution in [-0.2, 0) is 10.0 Å². The number of nitrogens with zero attached hydrogens (tertiary/aromatic N) is 1. The Morgan fingerprint density at radius 2 is 1.79 bits per heavy atom. The zero-order valence-corrected chi connectivity index (χ0v) is 15.0. The van der Waals surface area contributed by atoms with Gasteiger partial charge in [0.1, 0.15) is 5.65 Å². The molecule has 0 aliphatic carbocycles. The predicted molar refractivity (Wildman–Crippen MR) is 100 cm³/mol. The Kier molecular flexibility index (Phi) is 7.19. The number of nitrogens with one attached hydrogen (secondary N) is 2. The molecule has 0 aliphatic rings. The molecule has 0 radical (unpaired) electrons. The van der Waals surface area contributed by atoms with Gasteiger partial charge in [-0.05, 0) is 35.4 Å². The van der Waals surface area contributed by atoms with E-state index in [-0.39, 0.29) is 42.8 Å². The Bertz CT molecular complexity index is 895. The maximum atomic E-state index is 12.0. The van der Waals surface area contributed by atoms with Crippen LogP contribution in [0.2, 0.25) is 0 Å². The molecule has 130 valence electrons. The molecule has 0 atom stereocenters. The molecular weight excluding hydrogens is 371 g/mol.